The third kappa shape index (κ3) is 3.78. The topological polar surface area (TPSA) is 93.0 Å². The van der Waals surface area contributed by atoms with Crippen LogP contribution >= 0.6 is 11.3 Å². The van der Waals surface area contributed by atoms with Crippen molar-refractivity contribution in [3.05, 3.63) is 51.5 Å². The third-order valence-electron chi connectivity index (χ3n) is 4.43. The van der Waals surface area contributed by atoms with Crippen LogP contribution in [0.2, 0.25) is 0 Å². The van der Waals surface area contributed by atoms with Gasteiger partial charge in [-0.2, -0.15) is 0 Å². The molecule has 158 valence electrons. The molecule has 0 aliphatic carbocycles. The highest BCUT2D eigenvalue weighted by Gasteiger charge is 2.28. The average Bonchev–Trinajstić information content (AvgIpc) is 3.16. The lowest BCUT2D eigenvalue weighted by atomic mass is 10.1. The van der Waals surface area contributed by atoms with Crippen molar-refractivity contribution in [2.24, 2.45) is 0 Å². The van der Waals surface area contributed by atoms with Gasteiger partial charge < -0.3 is 15.0 Å². The first-order valence-corrected chi connectivity index (χ1v) is 9.95. The van der Waals surface area contributed by atoms with Gasteiger partial charge in [0, 0.05) is 20.3 Å². The van der Waals surface area contributed by atoms with Gasteiger partial charge in [-0.3, -0.25) is 14.0 Å². The van der Waals surface area contributed by atoms with Gasteiger partial charge in [-0.25, -0.2) is 14.2 Å². The largest absolute Gasteiger partial charge is 0.462 e. The molecule has 0 fully saturated rings. The van der Waals surface area contributed by atoms with E-state index in [9.17, 15) is 18.8 Å². The number of pyridine rings is 1. The van der Waals surface area contributed by atoms with Gasteiger partial charge in [0.1, 0.15) is 22.2 Å². The molecule has 0 atom stereocenters. The SMILES string of the molecule is CCOC(=O)c1c(NC(=O)c2c(C)nc3ccc(F)cn23)sc(C(=O)N(C)C)c1C. The summed E-state index contributed by atoms with van der Waals surface area (Å²) in [6.45, 7) is 5.07. The van der Waals surface area contributed by atoms with Gasteiger partial charge in [0.15, 0.2) is 0 Å². The van der Waals surface area contributed by atoms with Crippen LogP contribution in [0.1, 0.15) is 48.7 Å². The fraction of sp³-hybridized carbons (Fsp3) is 0.300. The van der Waals surface area contributed by atoms with Gasteiger partial charge in [-0.05, 0) is 38.5 Å². The van der Waals surface area contributed by atoms with Crippen LogP contribution in [0.25, 0.3) is 5.65 Å². The Kier molecular flexibility index (Phi) is 5.88. The monoisotopic (exact) mass is 432 g/mol. The molecule has 0 saturated heterocycles. The summed E-state index contributed by atoms with van der Waals surface area (Å²) in [7, 11) is 3.19. The number of carbonyl (C=O) groups excluding carboxylic acids is 3. The first kappa shape index (κ1) is 21.4. The highest BCUT2D eigenvalue weighted by molar-refractivity contribution is 7.18. The van der Waals surface area contributed by atoms with Crippen LogP contribution in [-0.2, 0) is 4.74 Å². The molecule has 0 spiro atoms. The summed E-state index contributed by atoms with van der Waals surface area (Å²) in [5, 5.41) is 2.87. The van der Waals surface area contributed by atoms with Crippen LogP contribution in [0.15, 0.2) is 18.3 Å². The lowest BCUT2D eigenvalue weighted by molar-refractivity contribution is 0.0527. The Morgan fingerprint density at radius 1 is 1.27 bits per heavy atom. The van der Waals surface area contributed by atoms with E-state index >= 15 is 0 Å². The second kappa shape index (κ2) is 8.23. The number of hydrogen-bond donors (Lipinski definition) is 1. The maximum atomic E-state index is 13.7. The van der Waals surface area contributed by atoms with Crippen molar-refractivity contribution in [1.29, 1.82) is 0 Å². The molecule has 8 nitrogen and oxygen atoms in total. The molecule has 3 aromatic rings. The van der Waals surface area contributed by atoms with Crippen molar-refractivity contribution < 1.29 is 23.5 Å². The van der Waals surface area contributed by atoms with Crippen LogP contribution in [0.4, 0.5) is 9.39 Å². The molecule has 3 aromatic heterocycles. The Balaban J connectivity index is 2.08. The molecule has 0 aromatic carbocycles. The number of nitrogens with zero attached hydrogens (tertiary/aromatic N) is 3. The predicted molar refractivity (Wildman–Crippen MR) is 111 cm³/mol. The van der Waals surface area contributed by atoms with Crippen molar-refractivity contribution in [3.8, 4) is 0 Å². The van der Waals surface area contributed by atoms with Crippen LogP contribution in [0, 0.1) is 19.7 Å². The van der Waals surface area contributed by atoms with E-state index in [1.807, 2.05) is 0 Å². The summed E-state index contributed by atoms with van der Waals surface area (Å²) in [5.74, 6) is -2.04. The normalized spacial score (nSPS) is 10.9. The first-order chi connectivity index (χ1) is 14.1. The molecule has 0 aliphatic heterocycles. The number of nitrogens with one attached hydrogen (secondary N) is 1. The van der Waals surface area contributed by atoms with E-state index in [4.69, 9.17) is 4.74 Å². The minimum absolute atomic E-state index is 0.123. The van der Waals surface area contributed by atoms with E-state index in [1.54, 1.807) is 34.9 Å². The molecule has 2 amide bonds. The Hall–Kier alpha value is -3.27. The molecule has 3 rings (SSSR count). The molecule has 0 saturated carbocycles. The van der Waals surface area contributed by atoms with Crippen LogP contribution < -0.4 is 5.32 Å². The Labute approximate surface area is 176 Å². The number of carbonyl (C=O) groups is 3. The lowest BCUT2D eigenvalue weighted by Gasteiger charge is -2.09. The van der Waals surface area contributed by atoms with E-state index < -0.39 is 17.7 Å². The third-order valence-corrected chi connectivity index (χ3v) is 5.62. The molecular formula is C20H21FN4O4S. The number of aromatic nitrogens is 2. The fourth-order valence-corrected chi connectivity index (χ4v) is 4.24. The zero-order chi connectivity index (χ0) is 22.2. The maximum Gasteiger partial charge on any atom is 0.341 e. The quantitative estimate of drug-likeness (QED) is 0.625. The number of hydrogen-bond acceptors (Lipinski definition) is 6. The summed E-state index contributed by atoms with van der Waals surface area (Å²) < 4.78 is 20.2. The van der Waals surface area contributed by atoms with E-state index in [0.29, 0.717) is 21.8 Å². The molecule has 0 unspecified atom stereocenters. The molecule has 0 radical (unpaired) electrons. The molecule has 1 N–H and O–H groups in total. The summed E-state index contributed by atoms with van der Waals surface area (Å²) in [6.07, 6.45) is 1.16. The Morgan fingerprint density at radius 2 is 1.97 bits per heavy atom. The number of ether oxygens (including phenoxy) is 1. The number of rotatable bonds is 5. The van der Waals surface area contributed by atoms with E-state index in [-0.39, 0.29) is 28.8 Å². The standard InChI is InChI=1S/C20H21FN4O4S/c1-6-29-20(28)14-10(2)16(19(27)24(4)5)30-18(14)23-17(26)15-11(3)22-13-8-7-12(21)9-25(13)15/h7-9H,6H2,1-5H3,(H,23,26). The van der Waals surface area contributed by atoms with E-state index in [0.717, 1.165) is 17.5 Å². The first-order valence-electron chi connectivity index (χ1n) is 9.13. The van der Waals surface area contributed by atoms with E-state index in [2.05, 4.69) is 10.3 Å². The van der Waals surface area contributed by atoms with Crippen LogP contribution in [-0.4, -0.2) is 52.8 Å². The molecule has 3 heterocycles. The summed E-state index contributed by atoms with van der Waals surface area (Å²) >= 11 is 0.989. The molecule has 0 bridgehead atoms. The summed E-state index contributed by atoms with van der Waals surface area (Å²) in [4.78, 5) is 44.0. The van der Waals surface area contributed by atoms with Crippen molar-refractivity contribution in [2.75, 3.05) is 26.0 Å². The number of fused-ring (bicyclic) bond motifs is 1. The van der Waals surface area contributed by atoms with Crippen LogP contribution in [0.3, 0.4) is 0 Å². The van der Waals surface area contributed by atoms with Gasteiger partial charge in [0.25, 0.3) is 11.8 Å². The van der Waals surface area contributed by atoms with Gasteiger partial charge >= 0.3 is 5.97 Å². The van der Waals surface area contributed by atoms with Gasteiger partial charge in [-0.15, -0.1) is 11.3 Å². The molecule has 30 heavy (non-hydrogen) atoms. The fourth-order valence-electron chi connectivity index (χ4n) is 3.03. The highest BCUT2D eigenvalue weighted by Crippen LogP contribution is 2.35. The predicted octanol–water partition coefficient (Wildman–Crippen LogP) is 3.28. The summed E-state index contributed by atoms with van der Waals surface area (Å²) in [6, 6.07) is 2.72. The van der Waals surface area contributed by atoms with Crippen molar-refractivity contribution in [3.63, 3.8) is 0 Å². The van der Waals surface area contributed by atoms with E-state index in [1.165, 1.54) is 21.4 Å². The van der Waals surface area contributed by atoms with Crippen molar-refractivity contribution in [2.45, 2.75) is 20.8 Å². The van der Waals surface area contributed by atoms with Gasteiger partial charge in [-0.1, -0.05) is 0 Å². The smallest absolute Gasteiger partial charge is 0.341 e. The molecule has 10 heteroatoms. The molecule has 0 aliphatic rings. The minimum atomic E-state index is -0.639. The van der Waals surface area contributed by atoms with Crippen molar-refractivity contribution >= 4 is 39.8 Å². The number of imidazole rings is 1. The van der Waals surface area contributed by atoms with Crippen LogP contribution in [0.5, 0.6) is 0 Å². The number of halogens is 1. The molecular weight excluding hydrogens is 411 g/mol. The second-order valence-electron chi connectivity index (χ2n) is 6.76. The number of anilines is 1. The zero-order valence-electron chi connectivity index (χ0n) is 17.2. The number of amides is 2. The minimum Gasteiger partial charge on any atom is -0.462 e. The average molecular weight is 432 g/mol. The summed E-state index contributed by atoms with van der Waals surface area (Å²) in [5.41, 5.74) is 1.49. The Bertz CT molecular complexity index is 1170. The second-order valence-corrected chi connectivity index (χ2v) is 7.78. The number of thiophene rings is 1. The number of esters is 1. The van der Waals surface area contributed by atoms with Gasteiger partial charge in [0.2, 0.25) is 0 Å². The number of aryl methyl sites for hydroxylation is 1. The Morgan fingerprint density at radius 3 is 2.60 bits per heavy atom. The zero-order valence-corrected chi connectivity index (χ0v) is 18.0. The maximum absolute atomic E-state index is 13.7. The highest BCUT2D eigenvalue weighted by atomic mass is 32.1. The van der Waals surface area contributed by atoms with Gasteiger partial charge in [0.05, 0.1) is 22.7 Å². The van der Waals surface area contributed by atoms with Crippen molar-refractivity contribution in [1.82, 2.24) is 14.3 Å². The lowest BCUT2D eigenvalue weighted by Crippen LogP contribution is -2.21.